The number of imidazole rings is 1. The Bertz CT molecular complexity index is 1090. The topological polar surface area (TPSA) is 104 Å². The van der Waals surface area contributed by atoms with Gasteiger partial charge in [0, 0.05) is 43.5 Å². The molecule has 0 radical (unpaired) electrons. The quantitative estimate of drug-likeness (QED) is 0.655. The summed E-state index contributed by atoms with van der Waals surface area (Å²) < 4.78 is 0. The summed E-state index contributed by atoms with van der Waals surface area (Å²) in [4.78, 5) is 43.4. The van der Waals surface area contributed by atoms with Gasteiger partial charge < -0.3 is 15.2 Å². The Labute approximate surface area is 181 Å². The monoisotopic (exact) mass is 420 g/mol. The van der Waals surface area contributed by atoms with E-state index in [9.17, 15) is 9.59 Å². The highest BCUT2D eigenvalue weighted by Crippen LogP contribution is 2.23. The molecule has 0 aliphatic carbocycles. The highest BCUT2D eigenvalue weighted by atomic mass is 16.2. The number of hydrogen-bond acceptors (Lipinski definition) is 5. The van der Waals surface area contributed by atoms with Gasteiger partial charge in [-0.05, 0) is 43.9 Å². The fourth-order valence-electron chi connectivity index (χ4n) is 4.03. The zero-order chi connectivity index (χ0) is 22.0. The molecule has 0 spiro atoms. The number of nitrogens with one attached hydrogen (secondary N) is 2. The number of aromatic amines is 1. The van der Waals surface area contributed by atoms with E-state index in [1.54, 1.807) is 12.4 Å². The summed E-state index contributed by atoms with van der Waals surface area (Å²) in [5.74, 6) is 1.81. The SMILES string of the molecule is Cc1nc2ccc(NC(=O)C[C@@H]3CCCN(C(=O)c4cnc(C(C)C)nc4)C3)cc2[nH]1. The van der Waals surface area contributed by atoms with E-state index >= 15 is 0 Å². The Balaban J connectivity index is 1.35. The van der Waals surface area contributed by atoms with Crippen molar-refractivity contribution in [3.8, 4) is 0 Å². The van der Waals surface area contributed by atoms with E-state index < -0.39 is 0 Å². The number of rotatable bonds is 5. The normalized spacial score (nSPS) is 16.6. The molecule has 1 aliphatic rings. The maximum atomic E-state index is 12.9. The minimum Gasteiger partial charge on any atom is -0.342 e. The third-order valence-corrected chi connectivity index (χ3v) is 5.60. The lowest BCUT2D eigenvalue weighted by Crippen LogP contribution is -2.41. The Morgan fingerprint density at radius 3 is 2.77 bits per heavy atom. The van der Waals surface area contributed by atoms with Crippen molar-refractivity contribution in [2.75, 3.05) is 18.4 Å². The average molecular weight is 421 g/mol. The summed E-state index contributed by atoms with van der Waals surface area (Å²) in [5.41, 5.74) is 3.02. The van der Waals surface area contributed by atoms with Crippen LogP contribution in [-0.2, 0) is 4.79 Å². The van der Waals surface area contributed by atoms with E-state index in [0.29, 0.717) is 25.1 Å². The van der Waals surface area contributed by atoms with E-state index in [1.165, 1.54) is 0 Å². The van der Waals surface area contributed by atoms with Crippen LogP contribution in [0.2, 0.25) is 0 Å². The number of aromatic nitrogens is 4. The van der Waals surface area contributed by atoms with Crippen LogP contribution in [0.5, 0.6) is 0 Å². The molecule has 4 rings (SSSR count). The van der Waals surface area contributed by atoms with Gasteiger partial charge in [0.15, 0.2) is 0 Å². The van der Waals surface area contributed by atoms with E-state index in [1.807, 2.05) is 43.9 Å². The first-order chi connectivity index (χ1) is 14.9. The first kappa shape index (κ1) is 21.0. The summed E-state index contributed by atoms with van der Waals surface area (Å²) in [7, 11) is 0. The van der Waals surface area contributed by atoms with Crippen LogP contribution in [0.25, 0.3) is 11.0 Å². The number of H-pyrrole nitrogens is 1. The number of anilines is 1. The van der Waals surface area contributed by atoms with Crippen LogP contribution in [-0.4, -0.2) is 49.7 Å². The number of carbonyl (C=O) groups is 2. The second-order valence-corrected chi connectivity index (χ2v) is 8.55. The number of benzene rings is 1. The van der Waals surface area contributed by atoms with Crippen LogP contribution >= 0.6 is 0 Å². The van der Waals surface area contributed by atoms with E-state index in [0.717, 1.165) is 41.2 Å². The Morgan fingerprint density at radius 2 is 2.03 bits per heavy atom. The van der Waals surface area contributed by atoms with Gasteiger partial charge in [0.25, 0.3) is 5.91 Å². The Morgan fingerprint density at radius 1 is 1.26 bits per heavy atom. The molecule has 2 N–H and O–H groups in total. The molecule has 1 fully saturated rings. The first-order valence-electron chi connectivity index (χ1n) is 10.8. The number of piperidine rings is 1. The van der Waals surface area contributed by atoms with Gasteiger partial charge in [-0.2, -0.15) is 0 Å². The van der Waals surface area contributed by atoms with Gasteiger partial charge in [-0.25, -0.2) is 15.0 Å². The molecule has 8 heteroatoms. The summed E-state index contributed by atoms with van der Waals surface area (Å²) in [6, 6.07) is 5.64. The molecular formula is C23H28N6O2. The average Bonchev–Trinajstić information content (AvgIpc) is 3.12. The van der Waals surface area contributed by atoms with Crippen molar-refractivity contribution in [1.82, 2.24) is 24.8 Å². The van der Waals surface area contributed by atoms with E-state index in [2.05, 4.69) is 25.3 Å². The zero-order valence-corrected chi connectivity index (χ0v) is 18.2. The molecule has 8 nitrogen and oxygen atoms in total. The molecule has 2 aromatic heterocycles. The molecule has 3 heterocycles. The number of likely N-dealkylation sites (tertiary alicyclic amines) is 1. The fraction of sp³-hybridized carbons (Fsp3) is 0.435. The smallest absolute Gasteiger partial charge is 0.256 e. The van der Waals surface area contributed by atoms with Crippen molar-refractivity contribution in [2.24, 2.45) is 5.92 Å². The molecule has 2 amide bonds. The summed E-state index contributed by atoms with van der Waals surface area (Å²) in [6.45, 7) is 7.20. The van der Waals surface area contributed by atoms with Crippen LogP contribution in [0.3, 0.4) is 0 Å². The van der Waals surface area contributed by atoms with Crippen molar-refractivity contribution in [3.05, 3.63) is 47.8 Å². The third kappa shape index (κ3) is 4.90. The second kappa shape index (κ2) is 8.83. The maximum Gasteiger partial charge on any atom is 0.256 e. The standard InChI is InChI=1S/C23H28N6O2/c1-14(2)22-24-11-17(12-25-22)23(31)29-8-4-5-16(13-29)9-21(30)28-18-6-7-19-20(10-18)27-15(3)26-19/h6-7,10-12,14,16H,4-5,8-9,13H2,1-3H3,(H,26,27)(H,28,30)/t16-/m0/s1. The molecule has 0 unspecified atom stereocenters. The fourth-order valence-corrected chi connectivity index (χ4v) is 4.03. The molecule has 0 saturated carbocycles. The van der Waals surface area contributed by atoms with E-state index in [4.69, 9.17) is 0 Å². The van der Waals surface area contributed by atoms with Crippen molar-refractivity contribution < 1.29 is 9.59 Å². The molecule has 1 saturated heterocycles. The lowest BCUT2D eigenvalue weighted by atomic mass is 9.94. The molecule has 162 valence electrons. The van der Waals surface area contributed by atoms with E-state index in [-0.39, 0.29) is 23.7 Å². The minimum atomic E-state index is -0.0690. The summed E-state index contributed by atoms with van der Waals surface area (Å²) in [5, 5.41) is 2.97. The number of hydrogen-bond donors (Lipinski definition) is 2. The number of amides is 2. The molecule has 1 aromatic carbocycles. The largest absolute Gasteiger partial charge is 0.342 e. The van der Waals surface area contributed by atoms with Crippen LogP contribution < -0.4 is 5.32 Å². The molecule has 1 aliphatic heterocycles. The lowest BCUT2D eigenvalue weighted by Gasteiger charge is -2.32. The zero-order valence-electron chi connectivity index (χ0n) is 18.2. The van der Waals surface area contributed by atoms with Crippen molar-refractivity contribution in [3.63, 3.8) is 0 Å². The van der Waals surface area contributed by atoms with Gasteiger partial charge in [-0.1, -0.05) is 13.8 Å². The molecule has 31 heavy (non-hydrogen) atoms. The summed E-state index contributed by atoms with van der Waals surface area (Å²) >= 11 is 0. The van der Waals surface area contributed by atoms with Crippen LogP contribution in [0.4, 0.5) is 5.69 Å². The molecule has 1 atom stereocenters. The van der Waals surface area contributed by atoms with Gasteiger partial charge in [0.2, 0.25) is 5.91 Å². The number of aryl methyl sites for hydroxylation is 1. The lowest BCUT2D eigenvalue weighted by molar-refractivity contribution is -0.117. The highest BCUT2D eigenvalue weighted by Gasteiger charge is 2.26. The molecular weight excluding hydrogens is 392 g/mol. The number of nitrogens with zero attached hydrogens (tertiary/aromatic N) is 4. The third-order valence-electron chi connectivity index (χ3n) is 5.60. The van der Waals surface area contributed by atoms with Crippen molar-refractivity contribution in [1.29, 1.82) is 0 Å². The first-order valence-corrected chi connectivity index (χ1v) is 10.8. The van der Waals surface area contributed by atoms with Crippen molar-refractivity contribution >= 4 is 28.5 Å². The van der Waals surface area contributed by atoms with Gasteiger partial charge in [-0.15, -0.1) is 0 Å². The maximum absolute atomic E-state index is 12.9. The second-order valence-electron chi connectivity index (χ2n) is 8.55. The van der Waals surface area contributed by atoms with Crippen LogP contribution in [0.1, 0.15) is 61.0 Å². The number of carbonyl (C=O) groups excluding carboxylic acids is 2. The van der Waals surface area contributed by atoms with Gasteiger partial charge >= 0.3 is 0 Å². The Kier molecular flexibility index (Phi) is 5.97. The number of fused-ring (bicyclic) bond motifs is 1. The van der Waals surface area contributed by atoms with Gasteiger partial charge in [-0.3, -0.25) is 9.59 Å². The predicted molar refractivity (Wildman–Crippen MR) is 119 cm³/mol. The predicted octanol–water partition coefficient (Wildman–Crippen LogP) is 3.67. The van der Waals surface area contributed by atoms with Gasteiger partial charge in [0.05, 0.1) is 16.6 Å². The highest BCUT2D eigenvalue weighted by molar-refractivity contribution is 5.94. The minimum absolute atomic E-state index is 0.0421. The Hall–Kier alpha value is -3.29. The van der Waals surface area contributed by atoms with Crippen LogP contribution in [0, 0.1) is 12.8 Å². The van der Waals surface area contributed by atoms with Crippen molar-refractivity contribution in [2.45, 2.75) is 46.0 Å². The molecule has 3 aromatic rings. The summed E-state index contributed by atoms with van der Waals surface area (Å²) in [6.07, 6.45) is 5.40. The van der Waals surface area contributed by atoms with Gasteiger partial charge in [0.1, 0.15) is 11.6 Å². The van der Waals surface area contributed by atoms with Crippen LogP contribution in [0.15, 0.2) is 30.6 Å². The molecule has 0 bridgehead atoms.